The number of aliphatic imine (C=N–C) groups is 1. The van der Waals surface area contributed by atoms with Crippen LogP contribution < -0.4 is 15.4 Å². The summed E-state index contributed by atoms with van der Waals surface area (Å²) in [6.45, 7) is 7.74. The Morgan fingerprint density at radius 3 is 2.59 bits per heavy atom. The zero-order chi connectivity index (χ0) is 18.9. The Hall–Kier alpha value is -1.77. The number of guanidine groups is 1. The average molecular weight is 486 g/mol. The molecule has 1 aromatic carbocycles. The van der Waals surface area contributed by atoms with Crippen LogP contribution in [0.2, 0.25) is 0 Å². The zero-order valence-corrected chi connectivity index (χ0v) is 19.2. The van der Waals surface area contributed by atoms with E-state index in [0.717, 1.165) is 48.1 Å². The number of para-hydroxylation sites is 1. The van der Waals surface area contributed by atoms with Crippen LogP contribution in [0, 0.1) is 0 Å². The highest BCUT2D eigenvalue weighted by atomic mass is 127. The maximum atomic E-state index is 5.46. The smallest absolute Gasteiger partial charge is 0.191 e. The molecule has 7 heteroatoms. The van der Waals surface area contributed by atoms with Crippen LogP contribution in [0.4, 0.5) is 0 Å². The quantitative estimate of drug-likeness (QED) is 0.337. The number of hydrogen-bond acceptors (Lipinski definition) is 4. The Morgan fingerprint density at radius 1 is 1.22 bits per heavy atom. The normalized spacial score (nSPS) is 12.3. The van der Waals surface area contributed by atoms with E-state index >= 15 is 0 Å². The van der Waals surface area contributed by atoms with Gasteiger partial charge >= 0.3 is 0 Å². The van der Waals surface area contributed by atoms with E-state index in [1.54, 1.807) is 14.2 Å². The summed E-state index contributed by atoms with van der Waals surface area (Å²) >= 11 is 0. The summed E-state index contributed by atoms with van der Waals surface area (Å²) in [5.41, 5.74) is 3.32. The molecule has 0 saturated carbocycles. The van der Waals surface area contributed by atoms with Crippen molar-refractivity contribution in [3.63, 3.8) is 0 Å². The van der Waals surface area contributed by atoms with Crippen molar-refractivity contribution in [2.75, 3.05) is 20.7 Å². The van der Waals surface area contributed by atoms with Gasteiger partial charge in [-0.1, -0.05) is 44.1 Å². The van der Waals surface area contributed by atoms with Crippen LogP contribution in [0.25, 0.3) is 0 Å². The molecule has 1 heterocycles. The topological polar surface area (TPSA) is 71.7 Å². The van der Waals surface area contributed by atoms with Gasteiger partial charge in [0.15, 0.2) is 5.96 Å². The third-order valence-electron chi connectivity index (χ3n) is 4.51. The molecule has 150 valence electrons. The van der Waals surface area contributed by atoms with Crippen LogP contribution in [0.1, 0.15) is 49.3 Å². The number of nitrogens with zero attached hydrogens (tertiary/aromatic N) is 2. The number of benzene rings is 1. The van der Waals surface area contributed by atoms with Gasteiger partial charge in [-0.05, 0) is 18.1 Å². The van der Waals surface area contributed by atoms with Gasteiger partial charge in [-0.25, -0.2) is 0 Å². The first kappa shape index (κ1) is 23.3. The van der Waals surface area contributed by atoms with Crippen molar-refractivity contribution in [3.05, 3.63) is 46.8 Å². The first-order chi connectivity index (χ1) is 12.6. The predicted octanol–water partition coefficient (Wildman–Crippen LogP) is 3.89. The second-order valence-corrected chi connectivity index (χ2v) is 6.19. The van der Waals surface area contributed by atoms with Crippen LogP contribution in [0.3, 0.4) is 0 Å². The molecular weight excluding hydrogens is 455 g/mol. The van der Waals surface area contributed by atoms with Crippen molar-refractivity contribution in [2.45, 2.75) is 46.1 Å². The minimum atomic E-state index is 0. The molecule has 0 amide bonds. The fourth-order valence-corrected chi connectivity index (χ4v) is 2.96. The molecule has 0 spiro atoms. The Bertz CT molecular complexity index is 709. The summed E-state index contributed by atoms with van der Waals surface area (Å²) in [6.07, 6.45) is 1.69. The molecule has 1 atom stereocenters. The molecule has 0 radical (unpaired) electrons. The van der Waals surface area contributed by atoms with Crippen molar-refractivity contribution in [3.8, 4) is 5.75 Å². The third-order valence-corrected chi connectivity index (χ3v) is 4.51. The molecule has 0 aliphatic heterocycles. The van der Waals surface area contributed by atoms with Crippen LogP contribution >= 0.6 is 24.0 Å². The fourth-order valence-electron chi connectivity index (χ4n) is 2.96. The number of hydrogen-bond donors (Lipinski definition) is 2. The van der Waals surface area contributed by atoms with Crippen molar-refractivity contribution >= 4 is 29.9 Å². The highest BCUT2D eigenvalue weighted by Gasteiger charge is 2.15. The lowest BCUT2D eigenvalue weighted by Crippen LogP contribution is -2.38. The van der Waals surface area contributed by atoms with Crippen LogP contribution in [-0.2, 0) is 19.4 Å². The second kappa shape index (κ2) is 11.8. The van der Waals surface area contributed by atoms with E-state index < -0.39 is 0 Å². The van der Waals surface area contributed by atoms with Gasteiger partial charge in [0.25, 0.3) is 0 Å². The Balaban J connectivity index is 0.00000364. The van der Waals surface area contributed by atoms with E-state index in [1.807, 2.05) is 18.2 Å². The number of nitrogens with one attached hydrogen (secondary N) is 2. The molecule has 0 saturated heterocycles. The number of ether oxygens (including phenoxy) is 1. The molecule has 0 aliphatic rings. The van der Waals surface area contributed by atoms with Gasteiger partial charge in [-0.3, -0.25) is 4.99 Å². The third kappa shape index (κ3) is 6.12. The molecule has 0 aliphatic carbocycles. The summed E-state index contributed by atoms with van der Waals surface area (Å²) < 4.78 is 10.9. The number of rotatable bonds is 8. The van der Waals surface area contributed by atoms with E-state index in [0.29, 0.717) is 6.54 Å². The van der Waals surface area contributed by atoms with Crippen LogP contribution in [0.15, 0.2) is 33.8 Å². The van der Waals surface area contributed by atoms with Crippen molar-refractivity contribution in [1.29, 1.82) is 0 Å². The van der Waals surface area contributed by atoms with E-state index in [2.05, 4.69) is 47.6 Å². The maximum absolute atomic E-state index is 5.46. The monoisotopic (exact) mass is 486 g/mol. The van der Waals surface area contributed by atoms with Gasteiger partial charge in [0.2, 0.25) is 0 Å². The Kier molecular flexibility index (Phi) is 10.2. The molecule has 1 unspecified atom stereocenters. The molecular formula is C20H31IN4O2. The number of halogens is 1. The second-order valence-electron chi connectivity index (χ2n) is 6.19. The lowest BCUT2D eigenvalue weighted by atomic mass is 10.0. The number of aryl methyl sites for hydroxylation is 2. The lowest BCUT2D eigenvalue weighted by Gasteiger charge is -2.18. The van der Waals surface area contributed by atoms with Crippen molar-refractivity contribution in [1.82, 2.24) is 15.8 Å². The average Bonchev–Trinajstić information content (AvgIpc) is 3.09. The van der Waals surface area contributed by atoms with Gasteiger partial charge in [-0.15, -0.1) is 24.0 Å². The Labute approximate surface area is 179 Å². The Morgan fingerprint density at radius 2 is 1.96 bits per heavy atom. The first-order valence-corrected chi connectivity index (χ1v) is 9.18. The molecule has 0 bridgehead atoms. The molecule has 2 N–H and O–H groups in total. The highest BCUT2D eigenvalue weighted by molar-refractivity contribution is 14.0. The van der Waals surface area contributed by atoms with Crippen LogP contribution in [-0.4, -0.2) is 31.8 Å². The predicted molar refractivity (Wildman–Crippen MR) is 120 cm³/mol. The largest absolute Gasteiger partial charge is 0.496 e. The summed E-state index contributed by atoms with van der Waals surface area (Å²) in [6, 6.07) is 8.10. The van der Waals surface area contributed by atoms with Gasteiger partial charge < -0.3 is 19.9 Å². The zero-order valence-electron chi connectivity index (χ0n) is 16.8. The van der Waals surface area contributed by atoms with Gasteiger partial charge in [-0.2, -0.15) is 0 Å². The molecule has 2 rings (SSSR count). The highest BCUT2D eigenvalue weighted by Crippen LogP contribution is 2.25. The van der Waals surface area contributed by atoms with E-state index in [4.69, 9.17) is 9.26 Å². The summed E-state index contributed by atoms with van der Waals surface area (Å²) in [5, 5.41) is 10.9. The summed E-state index contributed by atoms with van der Waals surface area (Å²) in [5.74, 6) is 2.90. The molecule has 27 heavy (non-hydrogen) atoms. The van der Waals surface area contributed by atoms with Gasteiger partial charge in [0.1, 0.15) is 11.5 Å². The molecule has 2 aromatic rings. The van der Waals surface area contributed by atoms with Gasteiger partial charge in [0.05, 0.1) is 12.8 Å². The standard InChI is InChI=1S/C20H30N4O2.HI/c1-6-17-16(18(7-2)26-24-17)13-23-20(21-4)22-12-14(3)15-10-8-9-11-19(15)25-5;/h8-11,14H,6-7,12-13H2,1-5H3,(H2,21,22,23);1H. The van der Waals surface area contributed by atoms with E-state index in [1.165, 1.54) is 5.56 Å². The lowest BCUT2D eigenvalue weighted by molar-refractivity contribution is 0.380. The summed E-state index contributed by atoms with van der Waals surface area (Å²) in [4.78, 5) is 4.32. The fraction of sp³-hybridized carbons (Fsp3) is 0.500. The molecule has 1 aromatic heterocycles. The van der Waals surface area contributed by atoms with E-state index in [9.17, 15) is 0 Å². The SMILES string of the molecule is CCc1noc(CC)c1CNC(=NC)NCC(C)c1ccccc1OC.I. The minimum Gasteiger partial charge on any atom is -0.496 e. The van der Waals surface area contributed by atoms with Crippen LogP contribution in [0.5, 0.6) is 5.75 Å². The first-order valence-electron chi connectivity index (χ1n) is 9.18. The summed E-state index contributed by atoms with van der Waals surface area (Å²) in [7, 11) is 3.48. The van der Waals surface area contributed by atoms with Crippen molar-refractivity contribution in [2.24, 2.45) is 4.99 Å². The van der Waals surface area contributed by atoms with Crippen molar-refractivity contribution < 1.29 is 9.26 Å². The maximum Gasteiger partial charge on any atom is 0.191 e. The number of aromatic nitrogens is 1. The molecule has 0 fully saturated rings. The van der Waals surface area contributed by atoms with E-state index in [-0.39, 0.29) is 29.9 Å². The number of methoxy groups -OCH3 is 1. The minimum absolute atomic E-state index is 0. The van der Waals surface area contributed by atoms with Gasteiger partial charge in [0, 0.05) is 38.0 Å². The molecule has 6 nitrogen and oxygen atoms in total.